The summed E-state index contributed by atoms with van der Waals surface area (Å²) < 4.78 is 85.8. The first-order valence-corrected chi connectivity index (χ1v) is 11.0. The minimum Gasteiger partial charge on any atom is -0.431 e. The highest BCUT2D eigenvalue weighted by atomic mass is 19.4. The molecule has 4 heterocycles. The summed E-state index contributed by atoms with van der Waals surface area (Å²) in [6.07, 6.45) is -10.1. The molecule has 0 aliphatic carbocycles. The van der Waals surface area contributed by atoms with Crippen LogP contribution < -0.4 is 15.5 Å². The zero-order valence-electron chi connectivity index (χ0n) is 19.1. The number of piperazine rings is 1. The molecule has 2 aliphatic rings. The summed E-state index contributed by atoms with van der Waals surface area (Å²) in [6.45, 7) is 6.17. The van der Waals surface area contributed by atoms with Gasteiger partial charge in [-0.2, -0.15) is 26.3 Å². The van der Waals surface area contributed by atoms with Crippen LogP contribution in [0.2, 0.25) is 0 Å². The number of anilines is 2. The van der Waals surface area contributed by atoms with Crippen LogP contribution in [0.15, 0.2) is 24.4 Å². The summed E-state index contributed by atoms with van der Waals surface area (Å²) in [6, 6.07) is 2.65. The molecule has 0 radical (unpaired) electrons. The third-order valence-corrected chi connectivity index (χ3v) is 5.35. The maximum Gasteiger partial charge on any atom is 0.430 e. The molecule has 2 aromatic heterocycles. The molecule has 35 heavy (non-hydrogen) atoms. The van der Waals surface area contributed by atoms with Gasteiger partial charge in [-0.3, -0.25) is 5.32 Å². The number of halogens is 6. The van der Waals surface area contributed by atoms with Gasteiger partial charge in [0.2, 0.25) is 6.10 Å². The van der Waals surface area contributed by atoms with Gasteiger partial charge in [0.1, 0.15) is 11.6 Å². The highest BCUT2D eigenvalue weighted by molar-refractivity contribution is 5.89. The number of fused-ring (bicyclic) bond motifs is 1. The SMILES string of the molecule is CCCC.O=C1Nc2nccc(-c3cc(C(F)(F)F)cc(N4CCNCC4)n3)c2C(C(F)(F)F)O1. The molecule has 1 unspecified atom stereocenters. The van der Waals surface area contributed by atoms with Crippen LogP contribution in [0.4, 0.5) is 42.8 Å². The molecular formula is C22H25F6N5O2. The number of carbonyl (C=O) groups excluding carboxylic acids is 1. The lowest BCUT2D eigenvalue weighted by Crippen LogP contribution is -2.44. The normalized spacial score (nSPS) is 18.1. The molecule has 1 fully saturated rings. The second-order valence-electron chi connectivity index (χ2n) is 7.91. The molecule has 0 bridgehead atoms. The van der Waals surface area contributed by atoms with E-state index in [9.17, 15) is 31.1 Å². The van der Waals surface area contributed by atoms with E-state index in [0.29, 0.717) is 32.2 Å². The largest absolute Gasteiger partial charge is 0.431 e. The number of alkyl halides is 6. The number of nitrogens with zero attached hydrogens (tertiary/aromatic N) is 3. The molecule has 192 valence electrons. The minimum absolute atomic E-state index is 0.0128. The predicted molar refractivity (Wildman–Crippen MR) is 117 cm³/mol. The lowest BCUT2D eigenvalue weighted by Gasteiger charge is -2.30. The van der Waals surface area contributed by atoms with E-state index in [2.05, 4.69) is 39.2 Å². The number of aromatic nitrogens is 2. The van der Waals surface area contributed by atoms with E-state index in [-0.39, 0.29) is 17.1 Å². The van der Waals surface area contributed by atoms with Gasteiger partial charge in [0.15, 0.2) is 0 Å². The summed E-state index contributed by atoms with van der Waals surface area (Å²) in [5, 5.41) is 5.12. The number of carbonyl (C=O) groups is 1. The van der Waals surface area contributed by atoms with Gasteiger partial charge >= 0.3 is 18.4 Å². The quantitative estimate of drug-likeness (QED) is 0.533. The standard InChI is InChI=1S/C18H15F6N5O2.C4H10/c19-17(20,21)9-7-11(27-12(8-9)29-5-3-25-4-6-29)10-1-2-26-15-13(10)14(18(22,23)24)31-16(30)28-15;1-3-4-2/h1-2,7-8,14,25H,3-6H2,(H,26,28,30);3-4H2,1-2H3. The van der Waals surface area contributed by atoms with Gasteiger partial charge in [-0.25, -0.2) is 14.8 Å². The molecule has 2 aromatic rings. The van der Waals surface area contributed by atoms with Gasteiger partial charge in [-0.15, -0.1) is 0 Å². The van der Waals surface area contributed by atoms with Gasteiger partial charge in [-0.05, 0) is 18.2 Å². The van der Waals surface area contributed by atoms with Crippen molar-refractivity contribution >= 4 is 17.7 Å². The van der Waals surface area contributed by atoms with Crippen molar-refractivity contribution in [2.45, 2.75) is 45.1 Å². The molecule has 1 saturated heterocycles. The average molecular weight is 505 g/mol. The molecular weight excluding hydrogens is 480 g/mol. The first kappa shape index (κ1) is 26.5. The lowest BCUT2D eigenvalue weighted by molar-refractivity contribution is -0.206. The van der Waals surface area contributed by atoms with E-state index < -0.39 is 41.5 Å². The fourth-order valence-corrected chi connectivity index (χ4v) is 3.46. The Morgan fingerprint density at radius 1 is 1.09 bits per heavy atom. The van der Waals surface area contributed by atoms with Gasteiger partial charge < -0.3 is 15.0 Å². The molecule has 0 aromatic carbocycles. The van der Waals surface area contributed by atoms with E-state index in [1.807, 2.05) is 0 Å². The van der Waals surface area contributed by atoms with Crippen LogP contribution >= 0.6 is 0 Å². The predicted octanol–water partition coefficient (Wildman–Crippen LogP) is 5.54. The summed E-state index contributed by atoms with van der Waals surface area (Å²) in [5.74, 6) is -0.458. The van der Waals surface area contributed by atoms with Crippen LogP contribution in [0.5, 0.6) is 0 Å². The highest BCUT2D eigenvalue weighted by Gasteiger charge is 2.49. The van der Waals surface area contributed by atoms with Crippen molar-refractivity contribution in [3.8, 4) is 11.3 Å². The Kier molecular flexibility index (Phi) is 8.08. The molecule has 1 atom stereocenters. The molecule has 0 spiro atoms. The number of pyridine rings is 2. The minimum atomic E-state index is -5.01. The van der Waals surface area contributed by atoms with Crippen molar-refractivity contribution in [1.29, 1.82) is 0 Å². The molecule has 2 aliphatic heterocycles. The van der Waals surface area contributed by atoms with Gasteiger partial charge in [0.25, 0.3) is 0 Å². The van der Waals surface area contributed by atoms with Crippen LogP contribution in [-0.2, 0) is 10.9 Å². The molecule has 2 N–H and O–H groups in total. The van der Waals surface area contributed by atoms with E-state index in [1.54, 1.807) is 4.90 Å². The van der Waals surface area contributed by atoms with Crippen molar-refractivity contribution in [2.24, 2.45) is 0 Å². The lowest BCUT2D eigenvalue weighted by atomic mass is 9.98. The Morgan fingerprint density at radius 2 is 1.74 bits per heavy atom. The number of ether oxygens (including phenoxy) is 1. The fraction of sp³-hybridized carbons (Fsp3) is 0.500. The summed E-state index contributed by atoms with van der Waals surface area (Å²) >= 11 is 0. The third-order valence-electron chi connectivity index (χ3n) is 5.35. The molecule has 1 amide bonds. The van der Waals surface area contributed by atoms with Crippen LogP contribution in [-0.4, -0.2) is 48.4 Å². The number of unbranched alkanes of at least 4 members (excludes halogenated alkanes) is 1. The van der Waals surface area contributed by atoms with Crippen molar-refractivity contribution < 1.29 is 35.9 Å². The molecule has 7 nitrogen and oxygen atoms in total. The smallest absolute Gasteiger partial charge is 0.430 e. The maximum atomic E-state index is 13.6. The Morgan fingerprint density at radius 3 is 2.31 bits per heavy atom. The summed E-state index contributed by atoms with van der Waals surface area (Å²) in [4.78, 5) is 21.1. The molecule has 4 rings (SSSR count). The maximum absolute atomic E-state index is 13.6. The Balaban J connectivity index is 0.000000795. The average Bonchev–Trinajstić information content (AvgIpc) is 2.82. The van der Waals surface area contributed by atoms with Crippen molar-refractivity contribution in [3.63, 3.8) is 0 Å². The Hall–Kier alpha value is -3.09. The number of nitrogens with one attached hydrogen (secondary N) is 2. The zero-order valence-corrected chi connectivity index (χ0v) is 19.1. The van der Waals surface area contributed by atoms with Gasteiger partial charge in [0.05, 0.1) is 16.8 Å². The highest BCUT2D eigenvalue weighted by Crippen LogP contribution is 2.46. The second-order valence-corrected chi connectivity index (χ2v) is 7.91. The number of cyclic esters (lactones) is 1. The fourth-order valence-electron chi connectivity index (χ4n) is 3.46. The number of hydrogen-bond acceptors (Lipinski definition) is 6. The van der Waals surface area contributed by atoms with E-state index in [0.717, 1.165) is 18.3 Å². The van der Waals surface area contributed by atoms with Crippen molar-refractivity contribution in [2.75, 3.05) is 36.4 Å². The van der Waals surface area contributed by atoms with Crippen LogP contribution in [0, 0.1) is 0 Å². The zero-order chi connectivity index (χ0) is 25.8. The van der Waals surface area contributed by atoms with Crippen LogP contribution in [0.3, 0.4) is 0 Å². The monoisotopic (exact) mass is 505 g/mol. The summed E-state index contributed by atoms with van der Waals surface area (Å²) in [7, 11) is 0. The Bertz CT molecular complexity index is 1040. The first-order valence-electron chi connectivity index (χ1n) is 11.0. The first-order chi connectivity index (χ1) is 16.5. The number of amides is 1. The molecule has 13 heteroatoms. The number of rotatable bonds is 3. The van der Waals surface area contributed by atoms with E-state index >= 15 is 0 Å². The van der Waals surface area contributed by atoms with Crippen LogP contribution in [0.1, 0.15) is 43.9 Å². The van der Waals surface area contributed by atoms with Gasteiger partial charge in [0, 0.05) is 37.9 Å². The third kappa shape index (κ3) is 6.32. The van der Waals surface area contributed by atoms with Crippen molar-refractivity contribution in [3.05, 3.63) is 35.5 Å². The Labute approximate surface area is 197 Å². The van der Waals surface area contributed by atoms with Gasteiger partial charge in [-0.1, -0.05) is 26.7 Å². The second kappa shape index (κ2) is 10.7. The van der Waals surface area contributed by atoms with Crippen LogP contribution in [0.25, 0.3) is 11.3 Å². The molecule has 0 saturated carbocycles. The summed E-state index contributed by atoms with van der Waals surface area (Å²) in [5.41, 5.74) is -2.26. The number of hydrogen-bond donors (Lipinski definition) is 2. The van der Waals surface area contributed by atoms with Crippen molar-refractivity contribution in [1.82, 2.24) is 15.3 Å². The topological polar surface area (TPSA) is 79.4 Å². The van der Waals surface area contributed by atoms with E-state index in [1.165, 1.54) is 12.8 Å². The van der Waals surface area contributed by atoms with E-state index in [4.69, 9.17) is 0 Å².